The van der Waals surface area contributed by atoms with E-state index in [4.69, 9.17) is 5.73 Å². The number of hydrogen-bond donors (Lipinski definition) is 1. The summed E-state index contributed by atoms with van der Waals surface area (Å²) in [6.45, 7) is 8.00. The molecule has 2 nitrogen and oxygen atoms in total. The van der Waals surface area contributed by atoms with E-state index in [1.807, 2.05) is 0 Å². The van der Waals surface area contributed by atoms with Crippen molar-refractivity contribution in [1.82, 2.24) is 4.90 Å². The first-order valence-corrected chi connectivity index (χ1v) is 5.68. The molecule has 0 saturated carbocycles. The van der Waals surface area contributed by atoms with Crippen LogP contribution in [-0.4, -0.2) is 30.6 Å². The van der Waals surface area contributed by atoms with E-state index in [1.54, 1.807) is 0 Å². The first-order valence-electron chi connectivity index (χ1n) is 5.68. The lowest BCUT2D eigenvalue weighted by Crippen LogP contribution is -2.42. The molecule has 78 valence electrons. The summed E-state index contributed by atoms with van der Waals surface area (Å²) < 4.78 is 0. The van der Waals surface area contributed by atoms with Gasteiger partial charge < -0.3 is 10.6 Å². The van der Waals surface area contributed by atoms with Gasteiger partial charge in [0, 0.05) is 12.6 Å². The number of likely N-dealkylation sites (tertiary alicyclic amines) is 1. The molecule has 0 aliphatic carbocycles. The topological polar surface area (TPSA) is 29.3 Å². The van der Waals surface area contributed by atoms with Gasteiger partial charge in [-0.3, -0.25) is 0 Å². The zero-order valence-electron chi connectivity index (χ0n) is 9.13. The van der Waals surface area contributed by atoms with E-state index in [2.05, 4.69) is 18.7 Å². The van der Waals surface area contributed by atoms with E-state index in [0.29, 0.717) is 0 Å². The molecule has 0 spiro atoms. The Kier molecular flexibility index (Phi) is 4.74. The van der Waals surface area contributed by atoms with E-state index in [9.17, 15) is 0 Å². The molecule has 0 aromatic rings. The SMILES string of the molecule is CC(C)CN1CCCCC1CCN. The molecule has 1 heterocycles. The second-order valence-electron chi connectivity index (χ2n) is 4.62. The molecule has 0 amide bonds. The van der Waals surface area contributed by atoms with Crippen LogP contribution in [0.5, 0.6) is 0 Å². The smallest absolute Gasteiger partial charge is 0.0107 e. The Morgan fingerprint density at radius 3 is 2.77 bits per heavy atom. The van der Waals surface area contributed by atoms with Crippen molar-refractivity contribution in [3.05, 3.63) is 0 Å². The van der Waals surface area contributed by atoms with Crippen LogP contribution in [0.25, 0.3) is 0 Å². The van der Waals surface area contributed by atoms with Gasteiger partial charge in [-0.25, -0.2) is 0 Å². The van der Waals surface area contributed by atoms with Gasteiger partial charge in [0.15, 0.2) is 0 Å². The van der Waals surface area contributed by atoms with Crippen molar-refractivity contribution < 1.29 is 0 Å². The number of hydrogen-bond acceptors (Lipinski definition) is 2. The van der Waals surface area contributed by atoms with Crippen LogP contribution in [0.3, 0.4) is 0 Å². The summed E-state index contributed by atoms with van der Waals surface area (Å²) in [5.41, 5.74) is 5.63. The monoisotopic (exact) mass is 184 g/mol. The van der Waals surface area contributed by atoms with E-state index in [0.717, 1.165) is 18.5 Å². The molecule has 0 aromatic heterocycles. The quantitative estimate of drug-likeness (QED) is 0.722. The van der Waals surface area contributed by atoms with Crippen LogP contribution in [0, 0.1) is 5.92 Å². The summed E-state index contributed by atoms with van der Waals surface area (Å²) in [5, 5.41) is 0. The van der Waals surface area contributed by atoms with Crippen molar-refractivity contribution in [2.24, 2.45) is 11.7 Å². The molecule has 1 fully saturated rings. The van der Waals surface area contributed by atoms with Crippen LogP contribution in [0.2, 0.25) is 0 Å². The lowest BCUT2D eigenvalue weighted by molar-refractivity contribution is 0.126. The minimum atomic E-state index is 0.779. The molecule has 2 heteroatoms. The van der Waals surface area contributed by atoms with Gasteiger partial charge in [-0.2, -0.15) is 0 Å². The Labute approximate surface area is 82.5 Å². The van der Waals surface area contributed by atoms with Crippen molar-refractivity contribution in [2.45, 2.75) is 45.6 Å². The van der Waals surface area contributed by atoms with Crippen molar-refractivity contribution in [3.8, 4) is 0 Å². The summed E-state index contributed by atoms with van der Waals surface area (Å²) in [6.07, 6.45) is 5.34. The average molecular weight is 184 g/mol. The molecule has 1 aliphatic heterocycles. The second-order valence-corrected chi connectivity index (χ2v) is 4.62. The lowest BCUT2D eigenvalue weighted by Gasteiger charge is -2.36. The number of piperidine rings is 1. The molecule has 1 atom stereocenters. The highest BCUT2D eigenvalue weighted by Crippen LogP contribution is 2.20. The predicted molar refractivity (Wildman–Crippen MR) is 57.7 cm³/mol. The third-order valence-electron chi connectivity index (χ3n) is 2.85. The fourth-order valence-corrected chi connectivity index (χ4v) is 2.29. The Hall–Kier alpha value is -0.0800. The Morgan fingerprint density at radius 2 is 2.15 bits per heavy atom. The highest BCUT2D eigenvalue weighted by molar-refractivity contribution is 4.77. The molecule has 1 aliphatic rings. The highest BCUT2D eigenvalue weighted by Gasteiger charge is 2.21. The Bertz CT molecular complexity index is 132. The zero-order valence-corrected chi connectivity index (χ0v) is 9.13. The van der Waals surface area contributed by atoms with Crippen LogP contribution in [0.4, 0.5) is 0 Å². The standard InChI is InChI=1S/C11H24N2/c1-10(2)9-13-8-4-3-5-11(13)6-7-12/h10-11H,3-9,12H2,1-2H3. The maximum atomic E-state index is 5.63. The van der Waals surface area contributed by atoms with E-state index in [1.165, 1.54) is 38.8 Å². The molecule has 0 aromatic carbocycles. The number of rotatable bonds is 4. The maximum Gasteiger partial charge on any atom is 0.0107 e. The largest absolute Gasteiger partial charge is 0.330 e. The average Bonchev–Trinajstić information content (AvgIpc) is 2.08. The molecule has 0 bridgehead atoms. The van der Waals surface area contributed by atoms with Crippen molar-refractivity contribution >= 4 is 0 Å². The first kappa shape index (κ1) is 11.0. The van der Waals surface area contributed by atoms with Gasteiger partial charge in [-0.15, -0.1) is 0 Å². The summed E-state index contributed by atoms with van der Waals surface area (Å²) >= 11 is 0. The molecule has 1 saturated heterocycles. The number of nitrogens with two attached hydrogens (primary N) is 1. The van der Waals surface area contributed by atoms with Gasteiger partial charge in [0.05, 0.1) is 0 Å². The van der Waals surface area contributed by atoms with Crippen LogP contribution in [0.15, 0.2) is 0 Å². The predicted octanol–water partition coefficient (Wildman–Crippen LogP) is 1.85. The van der Waals surface area contributed by atoms with Crippen LogP contribution in [0.1, 0.15) is 39.5 Å². The summed E-state index contributed by atoms with van der Waals surface area (Å²) in [5.74, 6) is 0.790. The highest BCUT2D eigenvalue weighted by atomic mass is 15.2. The molecule has 13 heavy (non-hydrogen) atoms. The maximum absolute atomic E-state index is 5.63. The number of nitrogens with zero attached hydrogens (tertiary/aromatic N) is 1. The lowest BCUT2D eigenvalue weighted by atomic mass is 9.98. The summed E-state index contributed by atoms with van der Waals surface area (Å²) in [7, 11) is 0. The Morgan fingerprint density at radius 1 is 1.38 bits per heavy atom. The first-order chi connectivity index (χ1) is 6.24. The fraction of sp³-hybridized carbons (Fsp3) is 1.00. The van der Waals surface area contributed by atoms with Gasteiger partial charge in [-0.1, -0.05) is 20.3 Å². The van der Waals surface area contributed by atoms with Crippen LogP contribution < -0.4 is 5.73 Å². The third-order valence-corrected chi connectivity index (χ3v) is 2.85. The fourth-order valence-electron chi connectivity index (χ4n) is 2.29. The van der Waals surface area contributed by atoms with Crippen molar-refractivity contribution in [2.75, 3.05) is 19.6 Å². The molecular weight excluding hydrogens is 160 g/mol. The second kappa shape index (κ2) is 5.61. The summed E-state index contributed by atoms with van der Waals surface area (Å²) in [4.78, 5) is 2.64. The molecule has 0 radical (unpaired) electrons. The minimum absolute atomic E-state index is 0.779. The molecule has 2 N–H and O–H groups in total. The molecule has 1 rings (SSSR count). The van der Waals surface area contributed by atoms with Gasteiger partial charge in [0.2, 0.25) is 0 Å². The Balaban J connectivity index is 2.36. The molecule has 1 unspecified atom stereocenters. The van der Waals surface area contributed by atoms with Gasteiger partial charge in [-0.05, 0) is 38.3 Å². The van der Waals surface area contributed by atoms with Crippen molar-refractivity contribution in [3.63, 3.8) is 0 Å². The van der Waals surface area contributed by atoms with Gasteiger partial charge in [0.25, 0.3) is 0 Å². The van der Waals surface area contributed by atoms with Gasteiger partial charge >= 0.3 is 0 Å². The minimum Gasteiger partial charge on any atom is -0.330 e. The van der Waals surface area contributed by atoms with Crippen LogP contribution in [-0.2, 0) is 0 Å². The van der Waals surface area contributed by atoms with E-state index >= 15 is 0 Å². The zero-order chi connectivity index (χ0) is 9.68. The van der Waals surface area contributed by atoms with E-state index < -0.39 is 0 Å². The molecular formula is C11H24N2. The van der Waals surface area contributed by atoms with Crippen LogP contribution >= 0.6 is 0 Å². The van der Waals surface area contributed by atoms with Crippen molar-refractivity contribution in [1.29, 1.82) is 0 Å². The van der Waals surface area contributed by atoms with E-state index in [-0.39, 0.29) is 0 Å². The van der Waals surface area contributed by atoms with Gasteiger partial charge in [0.1, 0.15) is 0 Å². The summed E-state index contributed by atoms with van der Waals surface area (Å²) in [6, 6.07) is 0.779. The normalized spacial score (nSPS) is 25.4. The third kappa shape index (κ3) is 3.65.